The maximum Gasteiger partial charge on any atom is 0.200 e. The largest absolute Gasteiger partial charge is 0.348 e. The minimum absolute atomic E-state index is 0.619. The van der Waals surface area contributed by atoms with E-state index in [0.717, 1.165) is 29.4 Å². The summed E-state index contributed by atoms with van der Waals surface area (Å²) < 4.78 is 2.57. The highest BCUT2D eigenvalue weighted by Gasteiger charge is 2.16. The van der Waals surface area contributed by atoms with Crippen LogP contribution in [0, 0.1) is 0 Å². The summed E-state index contributed by atoms with van der Waals surface area (Å²) in [4.78, 5) is 7.11. The number of aromatic nitrogens is 6. The quantitative estimate of drug-likeness (QED) is 0.614. The van der Waals surface area contributed by atoms with E-state index in [1.54, 1.807) is 11.3 Å². The Labute approximate surface area is 141 Å². The average molecular weight is 338 g/mol. The highest BCUT2D eigenvalue weighted by molar-refractivity contribution is 7.22. The molecule has 0 radical (unpaired) electrons. The summed E-state index contributed by atoms with van der Waals surface area (Å²) in [6, 6.07) is 9.85. The van der Waals surface area contributed by atoms with E-state index < -0.39 is 0 Å². The maximum absolute atomic E-state index is 4.75. The molecule has 120 valence electrons. The Kier molecular flexibility index (Phi) is 3.05. The van der Waals surface area contributed by atoms with E-state index in [9.17, 15) is 0 Å². The monoisotopic (exact) mass is 338 g/mol. The number of hydrogen-bond donors (Lipinski definition) is 1. The molecule has 0 bridgehead atoms. The molecule has 1 aliphatic rings. The summed E-state index contributed by atoms with van der Waals surface area (Å²) in [5, 5.41) is 20.0. The first-order chi connectivity index (χ1) is 11.8. The number of fused-ring (bicyclic) bond motifs is 2. The minimum Gasteiger partial charge on any atom is -0.348 e. The zero-order valence-corrected chi connectivity index (χ0v) is 13.6. The summed E-state index contributed by atoms with van der Waals surface area (Å²) in [5.41, 5.74) is 2.63. The molecule has 9 heteroatoms. The van der Waals surface area contributed by atoms with E-state index in [1.165, 1.54) is 22.2 Å². The molecule has 8 nitrogen and oxygen atoms in total. The molecule has 1 saturated heterocycles. The number of nitrogens with zero attached hydrogens (tertiary/aromatic N) is 7. The molecule has 1 aliphatic heterocycles. The summed E-state index contributed by atoms with van der Waals surface area (Å²) in [7, 11) is 0. The number of anilines is 3. The Bertz CT molecular complexity index is 1020. The van der Waals surface area contributed by atoms with Crippen LogP contribution < -0.4 is 10.2 Å². The van der Waals surface area contributed by atoms with Gasteiger partial charge >= 0.3 is 0 Å². The number of nitrogens with one attached hydrogen (secondary N) is 1. The number of hydrogen-bond acceptors (Lipinski definition) is 8. The van der Waals surface area contributed by atoms with Crippen LogP contribution in [0.25, 0.3) is 15.9 Å². The van der Waals surface area contributed by atoms with Gasteiger partial charge in [-0.05, 0) is 53.6 Å². The van der Waals surface area contributed by atoms with E-state index in [1.807, 2.05) is 24.3 Å². The van der Waals surface area contributed by atoms with Gasteiger partial charge in [0.05, 0.1) is 10.2 Å². The lowest BCUT2D eigenvalue weighted by atomic mass is 10.3. The second-order valence-electron chi connectivity index (χ2n) is 5.74. The SMILES string of the molecule is c1cc2nc(N3CCCC3)sc2cc1Nc1ccc2nnnn2n1. The molecule has 1 aromatic carbocycles. The minimum atomic E-state index is 0.619. The van der Waals surface area contributed by atoms with Crippen LogP contribution in [0.2, 0.25) is 0 Å². The van der Waals surface area contributed by atoms with Crippen LogP contribution in [0.1, 0.15) is 12.8 Å². The second-order valence-corrected chi connectivity index (χ2v) is 6.75. The van der Waals surface area contributed by atoms with Gasteiger partial charge in [-0.15, -0.1) is 14.8 Å². The predicted molar refractivity (Wildman–Crippen MR) is 92.9 cm³/mol. The summed E-state index contributed by atoms with van der Waals surface area (Å²) in [5.74, 6) is 0.693. The van der Waals surface area contributed by atoms with Gasteiger partial charge in [0.15, 0.2) is 16.6 Å². The zero-order chi connectivity index (χ0) is 15.9. The van der Waals surface area contributed by atoms with Crippen molar-refractivity contribution in [1.29, 1.82) is 0 Å². The van der Waals surface area contributed by atoms with Gasteiger partial charge in [-0.2, -0.15) is 0 Å². The van der Waals surface area contributed by atoms with Crippen molar-refractivity contribution in [3.63, 3.8) is 0 Å². The van der Waals surface area contributed by atoms with Crippen molar-refractivity contribution in [2.24, 2.45) is 0 Å². The molecule has 0 atom stereocenters. The van der Waals surface area contributed by atoms with Crippen LogP contribution in [0.3, 0.4) is 0 Å². The van der Waals surface area contributed by atoms with Gasteiger partial charge in [0.2, 0.25) is 0 Å². The summed E-state index contributed by atoms with van der Waals surface area (Å²) >= 11 is 1.74. The number of rotatable bonds is 3. The number of tetrazole rings is 1. The lowest BCUT2D eigenvalue weighted by Crippen LogP contribution is -2.16. The van der Waals surface area contributed by atoms with Gasteiger partial charge in [0.25, 0.3) is 0 Å². The fourth-order valence-electron chi connectivity index (χ4n) is 2.90. The Hall–Kier alpha value is -2.81. The molecule has 4 aromatic rings. The molecule has 0 spiro atoms. The van der Waals surface area contributed by atoms with Gasteiger partial charge in [-0.25, -0.2) is 4.98 Å². The molecule has 0 saturated carbocycles. The first kappa shape index (κ1) is 13.6. The average Bonchev–Trinajstić information content (AvgIpc) is 3.33. The Morgan fingerprint density at radius 2 is 2.00 bits per heavy atom. The van der Waals surface area contributed by atoms with Crippen LogP contribution in [-0.4, -0.2) is 43.3 Å². The maximum atomic E-state index is 4.75. The third kappa shape index (κ3) is 2.33. The summed E-state index contributed by atoms with van der Waals surface area (Å²) in [6.07, 6.45) is 2.52. The lowest BCUT2D eigenvalue weighted by molar-refractivity contribution is 0.736. The molecule has 3 aromatic heterocycles. The van der Waals surface area contributed by atoms with Crippen molar-refractivity contribution in [3.8, 4) is 0 Å². The van der Waals surface area contributed by atoms with Crippen molar-refractivity contribution in [2.75, 3.05) is 23.3 Å². The molecular weight excluding hydrogens is 324 g/mol. The van der Waals surface area contributed by atoms with Gasteiger partial charge in [0, 0.05) is 18.8 Å². The first-order valence-corrected chi connectivity index (χ1v) is 8.65. The highest BCUT2D eigenvalue weighted by Crippen LogP contribution is 2.32. The van der Waals surface area contributed by atoms with Crippen LogP contribution in [0.5, 0.6) is 0 Å². The molecule has 1 fully saturated rings. The van der Waals surface area contributed by atoms with Gasteiger partial charge in [0.1, 0.15) is 0 Å². The van der Waals surface area contributed by atoms with E-state index in [4.69, 9.17) is 4.98 Å². The van der Waals surface area contributed by atoms with E-state index >= 15 is 0 Å². The van der Waals surface area contributed by atoms with Gasteiger partial charge in [-0.1, -0.05) is 11.3 Å². The molecule has 1 N–H and O–H groups in total. The topological polar surface area (TPSA) is 84.1 Å². The second kappa shape index (κ2) is 5.38. The van der Waals surface area contributed by atoms with Crippen molar-refractivity contribution >= 4 is 43.8 Å². The lowest BCUT2D eigenvalue weighted by Gasteiger charge is -2.11. The van der Waals surface area contributed by atoms with Crippen LogP contribution >= 0.6 is 11.3 Å². The Morgan fingerprint density at radius 3 is 2.92 bits per heavy atom. The smallest absolute Gasteiger partial charge is 0.200 e. The standard InChI is InChI=1S/C15H14N8S/c1-2-8-22(7-1)15-17-11-4-3-10(9-12(11)24-15)16-13-5-6-14-18-20-21-23(14)19-13/h3-6,9H,1-2,7-8H2,(H,16,19). The van der Waals surface area contributed by atoms with Crippen molar-refractivity contribution in [2.45, 2.75) is 12.8 Å². The van der Waals surface area contributed by atoms with Gasteiger partial charge < -0.3 is 10.2 Å². The number of thiazole rings is 1. The molecule has 24 heavy (non-hydrogen) atoms. The van der Waals surface area contributed by atoms with Crippen molar-refractivity contribution in [3.05, 3.63) is 30.3 Å². The van der Waals surface area contributed by atoms with E-state index in [-0.39, 0.29) is 0 Å². The molecular formula is C15H14N8S. The predicted octanol–water partition coefficient (Wildman–Crippen LogP) is 2.47. The normalized spacial score (nSPS) is 14.8. The van der Waals surface area contributed by atoms with Crippen LogP contribution in [0.4, 0.5) is 16.6 Å². The fraction of sp³-hybridized carbons (Fsp3) is 0.267. The Morgan fingerprint density at radius 1 is 1.08 bits per heavy atom. The molecule has 0 aliphatic carbocycles. The molecule has 0 unspecified atom stereocenters. The molecule has 5 rings (SSSR count). The summed E-state index contributed by atoms with van der Waals surface area (Å²) in [6.45, 7) is 2.22. The number of benzene rings is 1. The van der Waals surface area contributed by atoms with Crippen LogP contribution in [0.15, 0.2) is 30.3 Å². The highest BCUT2D eigenvalue weighted by atomic mass is 32.1. The van der Waals surface area contributed by atoms with Crippen molar-refractivity contribution < 1.29 is 0 Å². The molecule has 0 amide bonds. The third-order valence-corrected chi connectivity index (χ3v) is 5.17. The fourth-order valence-corrected chi connectivity index (χ4v) is 3.95. The van der Waals surface area contributed by atoms with E-state index in [2.05, 4.69) is 36.9 Å². The first-order valence-electron chi connectivity index (χ1n) is 7.83. The van der Waals surface area contributed by atoms with Gasteiger partial charge in [-0.3, -0.25) is 0 Å². The Balaban J connectivity index is 1.45. The zero-order valence-electron chi connectivity index (χ0n) is 12.8. The van der Waals surface area contributed by atoms with E-state index in [0.29, 0.717) is 11.5 Å². The van der Waals surface area contributed by atoms with Crippen LogP contribution in [-0.2, 0) is 0 Å². The van der Waals surface area contributed by atoms with Crippen molar-refractivity contribution in [1.82, 2.24) is 30.2 Å². The third-order valence-electron chi connectivity index (χ3n) is 4.10. The molecule has 4 heterocycles.